The van der Waals surface area contributed by atoms with Gasteiger partial charge < -0.3 is 39.3 Å². The van der Waals surface area contributed by atoms with Gasteiger partial charge in [-0.15, -0.1) is 0 Å². The Morgan fingerprint density at radius 1 is 1.14 bits per heavy atom. The fraction of sp³-hybridized carbons (Fsp3) is 0.720. The first kappa shape index (κ1) is 37.2. The molecule has 1 fully saturated rings. The van der Waals surface area contributed by atoms with Gasteiger partial charge in [-0.2, -0.15) is 4.98 Å². The predicted octanol–water partition coefficient (Wildman–Crippen LogP) is -0.460. The van der Waals surface area contributed by atoms with Crippen LogP contribution in [-0.2, 0) is 56.4 Å². The quantitative estimate of drug-likeness (QED) is 0.0787. The summed E-state index contributed by atoms with van der Waals surface area (Å²) in [6.07, 6.45) is -3.66. The number of carbonyl (C=O) groups excluding carboxylic acids is 3. The van der Waals surface area contributed by atoms with Gasteiger partial charge in [-0.25, -0.2) is 14.4 Å². The Kier molecular flexibility index (Phi) is 14.3. The zero-order valence-electron chi connectivity index (χ0n) is 25.5. The van der Waals surface area contributed by atoms with E-state index in [0.29, 0.717) is 0 Å². The van der Waals surface area contributed by atoms with Gasteiger partial charge in [-0.1, -0.05) is 0 Å². The van der Waals surface area contributed by atoms with Crippen molar-refractivity contribution >= 4 is 31.5 Å². The molecule has 1 aromatic rings. The Bertz CT molecular complexity index is 1210. The van der Waals surface area contributed by atoms with Gasteiger partial charge in [0, 0.05) is 19.9 Å². The van der Waals surface area contributed by atoms with Gasteiger partial charge in [0.25, 0.3) is 0 Å². The van der Waals surface area contributed by atoms with Crippen LogP contribution in [0, 0.1) is 5.41 Å². The van der Waals surface area contributed by atoms with Gasteiger partial charge in [-0.05, 0) is 33.8 Å². The highest BCUT2D eigenvalue weighted by Gasteiger charge is 2.52. The number of esters is 3. The smallest absolute Gasteiger partial charge is 0.406 e. The number of ether oxygens (including phenoxy) is 6. The molecule has 0 radical (unpaired) electrons. The van der Waals surface area contributed by atoms with Gasteiger partial charge in [-0.3, -0.25) is 28.0 Å². The molecule has 1 saturated heterocycles. The second-order valence-electron chi connectivity index (χ2n) is 9.40. The van der Waals surface area contributed by atoms with Crippen LogP contribution in [0.4, 0.5) is 5.82 Å². The Morgan fingerprint density at radius 3 is 2.30 bits per heavy atom. The molecule has 2 rings (SSSR count). The topological polar surface area (TPSA) is 235 Å². The summed E-state index contributed by atoms with van der Waals surface area (Å²) in [4.78, 5) is 54.3. The van der Waals surface area contributed by atoms with Crippen molar-refractivity contribution in [1.29, 1.82) is 0 Å². The molecule has 19 heteroatoms. The van der Waals surface area contributed by atoms with Crippen molar-refractivity contribution in [2.75, 3.05) is 59.6 Å². The molecule has 0 bridgehead atoms. The van der Waals surface area contributed by atoms with Crippen molar-refractivity contribution < 1.29 is 61.5 Å². The van der Waals surface area contributed by atoms with E-state index in [9.17, 15) is 28.8 Å². The summed E-state index contributed by atoms with van der Waals surface area (Å²) in [6, 6.07) is 0.0701. The predicted molar refractivity (Wildman–Crippen MR) is 150 cm³/mol. The van der Waals surface area contributed by atoms with Crippen molar-refractivity contribution in [2.24, 2.45) is 5.41 Å². The number of hydrogen-bond donors (Lipinski definition) is 3. The minimum atomic E-state index is -4.65. The summed E-state index contributed by atoms with van der Waals surface area (Å²) >= 11 is 0. The van der Waals surface area contributed by atoms with Crippen molar-refractivity contribution in [2.45, 2.75) is 58.3 Å². The lowest BCUT2D eigenvalue weighted by atomic mass is 9.90. The normalized spacial score (nSPS) is 22.2. The molecule has 1 aliphatic heterocycles. The lowest BCUT2D eigenvalue weighted by Crippen LogP contribution is -2.49. The number of nitrogens with two attached hydrogens (primary N) is 1. The Balaban J connectivity index is 2.39. The molecule has 0 saturated carbocycles. The number of carbonyl (C=O) groups is 3. The second-order valence-corrected chi connectivity index (χ2v) is 11.2. The van der Waals surface area contributed by atoms with Crippen LogP contribution in [0.25, 0.3) is 0 Å². The SMILES string of the molecule is CCOCC(COP(=O)(NC(C)C(=O)OC)OCC1OC(n2ccc(N)nc2=O)C(OC)C1O)(C(=O)OCC)C(=O)OCC. The molecule has 0 spiro atoms. The summed E-state index contributed by atoms with van der Waals surface area (Å²) in [7, 11) is -2.28. The number of nitrogens with one attached hydrogen (secondary N) is 1. The van der Waals surface area contributed by atoms with Gasteiger partial charge in [0.1, 0.15) is 30.2 Å². The molecule has 6 atom stereocenters. The molecule has 6 unspecified atom stereocenters. The van der Waals surface area contributed by atoms with E-state index >= 15 is 0 Å². The third-order valence-corrected chi connectivity index (χ3v) is 8.05. The van der Waals surface area contributed by atoms with Crippen LogP contribution >= 0.6 is 7.75 Å². The molecule has 44 heavy (non-hydrogen) atoms. The number of anilines is 1. The molecule has 250 valence electrons. The highest BCUT2D eigenvalue weighted by atomic mass is 31.2. The molecule has 1 aromatic heterocycles. The highest BCUT2D eigenvalue weighted by Crippen LogP contribution is 2.47. The minimum absolute atomic E-state index is 0.0337. The van der Waals surface area contributed by atoms with Gasteiger partial charge in [0.05, 0.1) is 40.1 Å². The standard InChI is InChI=1S/C25H41N4O14P/c1-7-38-13-25(22(32)39-8-2,23(33)40-9-3)14-42-44(35,28-15(4)21(31)37-6)41-12-16-18(30)19(36-5)20(43-16)29-11-10-17(26)27-24(29)34/h10-11,15-16,18-20,30H,7-9,12-14H2,1-6H3,(H,28,35)(H2,26,27,34). The highest BCUT2D eigenvalue weighted by molar-refractivity contribution is 7.51. The third-order valence-electron chi connectivity index (χ3n) is 6.39. The molecule has 4 N–H and O–H groups in total. The number of nitrogen functional groups attached to an aromatic ring is 1. The van der Waals surface area contributed by atoms with Gasteiger partial charge >= 0.3 is 31.3 Å². The Hall–Kier alpha value is -2.96. The van der Waals surface area contributed by atoms with Crippen LogP contribution < -0.4 is 16.5 Å². The number of aromatic nitrogens is 2. The lowest BCUT2D eigenvalue weighted by molar-refractivity contribution is -0.180. The fourth-order valence-corrected chi connectivity index (χ4v) is 5.61. The first-order valence-corrected chi connectivity index (χ1v) is 15.2. The van der Waals surface area contributed by atoms with Crippen LogP contribution in [0.5, 0.6) is 0 Å². The number of hydrogen-bond acceptors (Lipinski definition) is 16. The van der Waals surface area contributed by atoms with E-state index in [1.54, 1.807) is 6.92 Å². The zero-order valence-corrected chi connectivity index (χ0v) is 26.4. The number of rotatable bonds is 18. The monoisotopic (exact) mass is 652 g/mol. The van der Waals surface area contributed by atoms with Crippen LogP contribution in [0.15, 0.2) is 17.1 Å². The largest absolute Gasteiger partial charge is 0.468 e. The van der Waals surface area contributed by atoms with E-state index in [1.807, 2.05) is 0 Å². The maximum Gasteiger partial charge on any atom is 0.406 e. The van der Waals surface area contributed by atoms with Crippen LogP contribution in [0.2, 0.25) is 0 Å². The maximum atomic E-state index is 14.0. The molecular formula is C25H41N4O14P. The molecule has 0 aliphatic carbocycles. The third kappa shape index (κ3) is 9.04. The summed E-state index contributed by atoms with van der Waals surface area (Å²) in [5.74, 6) is -3.01. The number of methoxy groups -OCH3 is 2. The summed E-state index contributed by atoms with van der Waals surface area (Å²) in [5.41, 5.74) is 2.55. The number of aliphatic hydroxyl groups is 1. The molecular weight excluding hydrogens is 611 g/mol. The van der Waals surface area contributed by atoms with E-state index in [2.05, 4.69) is 14.8 Å². The first-order chi connectivity index (χ1) is 20.8. The van der Waals surface area contributed by atoms with E-state index in [0.717, 1.165) is 11.7 Å². The van der Waals surface area contributed by atoms with Crippen molar-refractivity contribution in [3.05, 3.63) is 22.7 Å². The van der Waals surface area contributed by atoms with E-state index < -0.39 is 87.2 Å². The number of aliphatic hydroxyl groups excluding tert-OH is 1. The average molecular weight is 653 g/mol. The molecule has 18 nitrogen and oxygen atoms in total. The fourth-order valence-electron chi connectivity index (χ4n) is 4.08. The first-order valence-electron chi connectivity index (χ1n) is 13.7. The molecule has 0 amide bonds. The minimum Gasteiger partial charge on any atom is -0.468 e. The average Bonchev–Trinajstić information content (AvgIpc) is 3.30. The van der Waals surface area contributed by atoms with Crippen molar-refractivity contribution in [3.8, 4) is 0 Å². The van der Waals surface area contributed by atoms with E-state index in [4.69, 9.17) is 38.5 Å². The Labute approximate surface area is 253 Å². The van der Waals surface area contributed by atoms with E-state index in [-0.39, 0.29) is 25.6 Å². The van der Waals surface area contributed by atoms with Crippen LogP contribution in [0.1, 0.15) is 33.9 Å². The van der Waals surface area contributed by atoms with Crippen LogP contribution in [0.3, 0.4) is 0 Å². The van der Waals surface area contributed by atoms with Crippen molar-refractivity contribution in [1.82, 2.24) is 14.6 Å². The summed E-state index contributed by atoms with van der Waals surface area (Å²) in [6.45, 7) is 3.71. The van der Waals surface area contributed by atoms with Crippen LogP contribution in [-0.4, -0.2) is 111 Å². The number of nitrogens with zero attached hydrogens (tertiary/aromatic N) is 2. The van der Waals surface area contributed by atoms with E-state index in [1.165, 1.54) is 40.1 Å². The zero-order chi connectivity index (χ0) is 33.1. The second kappa shape index (κ2) is 16.9. The maximum absolute atomic E-state index is 14.0. The molecule has 2 heterocycles. The molecule has 1 aliphatic rings. The van der Waals surface area contributed by atoms with Crippen molar-refractivity contribution in [3.63, 3.8) is 0 Å². The molecule has 0 aromatic carbocycles. The van der Waals surface area contributed by atoms with Gasteiger partial charge in [0.2, 0.25) is 5.41 Å². The summed E-state index contributed by atoms with van der Waals surface area (Å²) in [5, 5.41) is 13.3. The van der Waals surface area contributed by atoms with Gasteiger partial charge in [0.15, 0.2) is 6.23 Å². The summed E-state index contributed by atoms with van der Waals surface area (Å²) < 4.78 is 57.6. The lowest BCUT2D eigenvalue weighted by Gasteiger charge is -2.31. The Morgan fingerprint density at radius 2 is 1.77 bits per heavy atom.